The van der Waals surface area contributed by atoms with E-state index < -0.39 is 15.1 Å². The van der Waals surface area contributed by atoms with Gasteiger partial charge in [0.05, 0.1) is 30.1 Å². The number of ether oxygens (including phenoxy) is 2. The minimum atomic E-state index is -3.49. The summed E-state index contributed by atoms with van der Waals surface area (Å²) in [5, 5.41) is 6.39. The molecule has 1 aliphatic rings. The molecule has 0 aliphatic carbocycles. The van der Waals surface area contributed by atoms with Gasteiger partial charge in [-0.05, 0) is 42.8 Å². The predicted molar refractivity (Wildman–Crippen MR) is 115 cm³/mol. The van der Waals surface area contributed by atoms with Crippen LogP contribution in [0.3, 0.4) is 0 Å². The van der Waals surface area contributed by atoms with E-state index in [1.807, 2.05) is 0 Å². The third kappa shape index (κ3) is 4.00. The molecule has 1 aromatic heterocycles. The van der Waals surface area contributed by atoms with Gasteiger partial charge in [-0.1, -0.05) is 18.2 Å². The molecule has 0 saturated carbocycles. The maximum atomic E-state index is 13.0. The summed E-state index contributed by atoms with van der Waals surface area (Å²) in [6, 6.07) is 15.3. The second kappa shape index (κ2) is 8.43. The van der Waals surface area contributed by atoms with Gasteiger partial charge in [-0.3, -0.25) is 9.89 Å². The fourth-order valence-corrected chi connectivity index (χ4v) is 5.44. The fraction of sp³-hybridized carbons (Fsp3) is 0.273. The third-order valence-electron chi connectivity index (χ3n) is 5.43. The maximum absolute atomic E-state index is 13.0. The number of aromatic nitrogens is 2. The molecule has 1 N–H and O–H groups in total. The minimum Gasteiger partial charge on any atom is -0.497 e. The molecule has 162 valence electrons. The number of hydrogen-bond acceptors (Lipinski definition) is 6. The minimum absolute atomic E-state index is 0.146. The van der Waals surface area contributed by atoms with Crippen molar-refractivity contribution in [2.45, 2.75) is 16.6 Å². The van der Waals surface area contributed by atoms with Gasteiger partial charge >= 0.3 is 0 Å². The van der Waals surface area contributed by atoms with Gasteiger partial charge in [0.25, 0.3) is 5.91 Å². The molecule has 8 nitrogen and oxygen atoms in total. The Morgan fingerprint density at radius 3 is 2.58 bits per heavy atom. The Labute approximate surface area is 180 Å². The second-order valence-electron chi connectivity index (χ2n) is 7.25. The number of carbonyl (C=O) groups is 1. The van der Waals surface area contributed by atoms with Crippen LogP contribution in [0.1, 0.15) is 16.9 Å². The summed E-state index contributed by atoms with van der Waals surface area (Å²) in [6.45, 7) is 0.513. The molecular formula is C22H23N3O5S. The van der Waals surface area contributed by atoms with Crippen LogP contribution in [0.25, 0.3) is 11.3 Å². The van der Waals surface area contributed by atoms with Gasteiger partial charge in [-0.2, -0.15) is 5.10 Å². The molecule has 31 heavy (non-hydrogen) atoms. The normalized spacial score (nSPS) is 16.3. The lowest BCUT2D eigenvalue weighted by Gasteiger charge is -2.15. The zero-order valence-electron chi connectivity index (χ0n) is 17.2. The number of benzene rings is 2. The summed E-state index contributed by atoms with van der Waals surface area (Å²) in [6.07, 6.45) is 0.396. The zero-order chi connectivity index (χ0) is 22.0. The van der Waals surface area contributed by atoms with Crippen LogP contribution in [-0.4, -0.2) is 62.0 Å². The largest absolute Gasteiger partial charge is 0.497 e. The van der Waals surface area contributed by atoms with Crippen LogP contribution >= 0.6 is 0 Å². The topological polar surface area (TPSA) is 102 Å². The number of methoxy groups -OCH3 is 2. The number of aromatic amines is 1. The van der Waals surface area contributed by atoms with Crippen LogP contribution in [-0.2, 0) is 9.84 Å². The number of nitrogens with zero attached hydrogens (tertiary/aromatic N) is 2. The van der Waals surface area contributed by atoms with E-state index in [1.54, 1.807) is 73.7 Å². The lowest BCUT2D eigenvalue weighted by molar-refractivity contribution is 0.0787. The molecule has 1 atom stereocenters. The van der Waals surface area contributed by atoms with Gasteiger partial charge in [-0.15, -0.1) is 0 Å². The van der Waals surface area contributed by atoms with Crippen molar-refractivity contribution in [1.29, 1.82) is 0 Å². The molecule has 2 heterocycles. The van der Waals surface area contributed by atoms with Crippen molar-refractivity contribution in [1.82, 2.24) is 15.1 Å². The van der Waals surface area contributed by atoms with Crippen LogP contribution in [0.5, 0.6) is 11.5 Å². The highest BCUT2D eigenvalue weighted by Gasteiger charge is 2.36. The molecule has 3 aromatic rings. The van der Waals surface area contributed by atoms with E-state index in [0.717, 1.165) is 0 Å². The number of carbonyl (C=O) groups excluding carboxylic acids is 1. The summed E-state index contributed by atoms with van der Waals surface area (Å²) in [5.74, 6) is 0.952. The lowest BCUT2D eigenvalue weighted by Crippen LogP contribution is -2.32. The van der Waals surface area contributed by atoms with E-state index in [-0.39, 0.29) is 23.0 Å². The summed E-state index contributed by atoms with van der Waals surface area (Å²) < 4.78 is 36.4. The van der Waals surface area contributed by atoms with Crippen LogP contribution in [0, 0.1) is 0 Å². The highest BCUT2D eigenvalue weighted by atomic mass is 32.2. The average Bonchev–Trinajstić information content (AvgIpc) is 3.49. The standard InChI is InChI=1S/C22H23N3O5S/c1-29-15-8-9-21(30-2)18(12-15)19-13-20(24-23-19)22(26)25-11-10-17(14-25)31(27,28)16-6-4-3-5-7-16/h3-9,12-13,17H,10-11,14H2,1-2H3,(H,23,24). The van der Waals surface area contributed by atoms with E-state index in [1.165, 1.54) is 0 Å². The smallest absolute Gasteiger partial charge is 0.271 e. The quantitative estimate of drug-likeness (QED) is 0.631. The molecule has 0 bridgehead atoms. The number of sulfone groups is 1. The molecular weight excluding hydrogens is 418 g/mol. The average molecular weight is 442 g/mol. The molecule has 0 radical (unpaired) electrons. The molecule has 1 amide bonds. The number of hydrogen-bond donors (Lipinski definition) is 1. The van der Waals surface area contributed by atoms with Crippen LogP contribution < -0.4 is 9.47 Å². The first kappa shape index (κ1) is 20.9. The Bertz CT molecular complexity index is 1190. The van der Waals surface area contributed by atoms with Gasteiger partial charge < -0.3 is 14.4 Å². The summed E-state index contributed by atoms with van der Waals surface area (Å²) in [7, 11) is -0.367. The van der Waals surface area contributed by atoms with Crippen molar-refractivity contribution in [2.75, 3.05) is 27.3 Å². The first-order chi connectivity index (χ1) is 14.9. The first-order valence-electron chi connectivity index (χ1n) is 9.80. The van der Waals surface area contributed by atoms with E-state index in [9.17, 15) is 13.2 Å². The Morgan fingerprint density at radius 2 is 1.87 bits per heavy atom. The fourth-order valence-electron chi connectivity index (χ4n) is 3.72. The Hall–Kier alpha value is -3.33. The number of rotatable bonds is 6. The monoisotopic (exact) mass is 441 g/mol. The van der Waals surface area contributed by atoms with Crippen molar-refractivity contribution >= 4 is 15.7 Å². The van der Waals surface area contributed by atoms with E-state index >= 15 is 0 Å². The summed E-state index contributed by atoms with van der Waals surface area (Å²) >= 11 is 0. The molecule has 4 rings (SSSR count). The second-order valence-corrected chi connectivity index (χ2v) is 9.48. The first-order valence-corrected chi connectivity index (χ1v) is 11.3. The lowest BCUT2D eigenvalue weighted by atomic mass is 10.1. The van der Waals surface area contributed by atoms with E-state index in [2.05, 4.69) is 10.2 Å². The van der Waals surface area contributed by atoms with Gasteiger partial charge in [0.1, 0.15) is 17.2 Å². The van der Waals surface area contributed by atoms with Gasteiger partial charge in [-0.25, -0.2) is 8.42 Å². The molecule has 1 fully saturated rings. The van der Waals surface area contributed by atoms with Crippen LogP contribution in [0.15, 0.2) is 59.5 Å². The Kier molecular flexibility index (Phi) is 5.69. The highest BCUT2D eigenvalue weighted by Crippen LogP contribution is 2.33. The van der Waals surface area contributed by atoms with Gasteiger partial charge in [0, 0.05) is 18.7 Å². The van der Waals surface area contributed by atoms with Gasteiger partial charge in [0.15, 0.2) is 9.84 Å². The maximum Gasteiger partial charge on any atom is 0.271 e. The number of H-pyrrole nitrogens is 1. The SMILES string of the molecule is COc1ccc(OC)c(-c2cc(C(=O)N3CCC(S(=O)(=O)c4ccccc4)C3)[nH]n2)c1. The van der Waals surface area contributed by atoms with Crippen molar-refractivity contribution in [3.8, 4) is 22.8 Å². The van der Waals surface area contributed by atoms with Crippen molar-refractivity contribution in [2.24, 2.45) is 0 Å². The molecule has 1 unspecified atom stereocenters. The van der Waals surface area contributed by atoms with Gasteiger partial charge in [0.2, 0.25) is 0 Å². The summed E-state index contributed by atoms with van der Waals surface area (Å²) in [5.41, 5.74) is 1.51. The van der Waals surface area contributed by atoms with Crippen LogP contribution in [0.2, 0.25) is 0 Å². The highest BCUT2D eigenvalue weighted by molar-refractivity contribution is 7.92. The zero-order valence-corrected chi connectivity index (χ0v) is 18.1. The molecule has 9 heteroatoms. The Morgan fingerprint density at radius 1 is 1.10 bits per heavy atom. The molecule has 1 saturated heterocycles. The molecule has 1 aliphatic heterocycles. The third-order valence-corrected chi connectivity index (χ3v) is 7.63. The predicted octanol–water partition coefficient (Wildman–Crippen LogP) is 2.78. The Balaban J connectivity index is 1.53. The van der Waals surface area contributed by atoms with E-state index in [4.69, 9.17) is 9.47 Å². The van der Waals surface area contributed by atoms with Crippen molar-refractivity contribution in [3.05, 3.63) is 60.3 Å². The number of amides is 1. The summed E-state index contributed by atoms with van der Waals surface area (Å²) in [4.78, 5) is 14.8. The number of nitrogens with one attached hydrogen (secondary N) is 1. The van der Waals surface area contributed by atoms with Crippen molar-refractivity contribution < 1.29 is 22.7 Å². The molecule has 2 aromatic carbocycles. The molecule has 0 spiro atoms. The van der Waals surface area contributed by atoms with E-state index in [0.29, 0.717) is 35.7 Å². The number of likely N-dealkylation sites (tertiary alicyclic amines) is 1. The van der Waals surface area contributed by atoms with Crippen LogP contribution in [0.4, 0.5) is 0 Å². The van der Waals surface area contributed by atoms with Crippen molar-refractivity contribution in [3.63, 3.8) is 0 Å².